The van der Waals surface area contributed by atoms with Gasteiger partial charge in [0.2, 0.25) is 0 Å². The molecule has 1 aliphatic rings. The fourth-order valence-electron chi connectivity index (χ4n) is 2.55. The highest BCUT2D eigenvalue weighted by Gasteiger charge is 2.41. The fourth-order valence-corrected chi connectivity index (χ4v) is 2.55. The Hall–Kier alpha value is -2.00. The summed E-state index contributed by atoms with van der Waals surface area (Å²) in [6.07, 6.45) is -4.68. The molecule has 2 heterocycles. The molecule has 1 saturated heterocycles. The van der Waals surface area contributed by atoms with E-state index in [1.54, 1.807) is 17.3 Å². The molecule has 3 N–H and O–H groups in total. The van der Waals surface area contributed by atoms with Crippen LogP contribution in [0.2, 0.25) is 0 Å². The van der Waals surface area contributed by atoms with Gasteiger partial charge >= 0.3 is 12.1 Å². The first kappa shape index (κ1) is 16.4. The lowest BCUT2D eigenvalue weighted by Gasteiger charge is -2.26. The van der Waals surface area contributed by atoms with E-state index in [-0.39, 0.29) is 13.0 Å². The lowest BCUT2D eigenvalue weighted by Crippen LogP contribution is -2.48. The average molecular weight is 323 g/mol. The standard InChI is InChI=1S/C12H17F4N5O/c1-20-10(8(17)5-18-20)21-4-2-3-9(7(13)6-21)19-11(22)12(14,15)16/h5,7,9H,2-4,6,17H2,1H3,(H,19,22). The Balaban J connectivity index is 2.08. The maximum absolute atomic E-state index is 14.3. The van der Waals surface area contributed by atoms with Crippen molar-refractivity contribution in [1.82, 2.24) is 15.1 Å². The molecular weight excluding hydrogens is 306 g/mol. The van der Waals surface area contributed by atoms with E-state index in [0.29, 0.717) is 24.5 Å². The molecule has 10 heteroatoms. The molecule has 124 valence electrons. The summed E-state index contributed by atoms with van der Waals surface area (Å²) in [6, 6.07) is -1.17. The van der Waals surface area contributed by atoms with E-state index in [4.69, 9.17) is 5.73 Å². The van der Waals surface area contributed by atoms with Gasteiger partial charge in [-0.2, -0.15) is 18.3 Å². The molecule has 0 aliphatic carbocycles. The second-order valence-electron chi connectivity index (χ2n) is 5.23. The third-order valence-corrected chi connectivity index (χ3v) is 3.58. The minimum Gasteiger partial charge on any atom is -0.394 e. The van der Waals surface area contributed by atoms with Gasteiger partial charge in [-0.3, -0.25) is 9.48 Å². The van der Waals surface area contributed by atoms with Crippen molar-refractivity contribution < 1.29 is 22.4 Å². The van der Waals surface area contributed by atoms with Crippen molar-refractivity contribution in [3.63, 3.8) is 0 Å². The number of nitrogens with two attached hydrogens (primary N) is 1. The van der Waals surface area contributed by atoms with Crippen molar-refractivity contribution in [2.75, 3.05) is 23.7 Å². The number of nitrogens with one attached hydrogen (secondary N) is 1. The second-order valence-corrected chi connectivity index (χ2v) is 5.23. The molecule has 1 aliphatic heterocycles. The van der Waals surface area contributed by atoms with E-state index < -0.39 is 24.3 Å². The van der Waals surface area contributed by atoms with Crippen LogP contribution < -0.4 is 16.0 Å². The quantitative estimate of drug-likeness (QED) is 0.796. The van der Waals surface area contributed by atoms with E-state index in [2.05, 4.69) is 5.10 Å². The zero-order chi connectivity index (χ0) is 16.5. The Morgan fingerprint density at radius 3 is 2.73 bits per heavy atom. The average Bonchev–Trinajstić information content (AvgIpc) is 2.63. The Morgan fingerprint density at radius 1 is 1.50 bits per heavy atom. The zero-order valence-corrected chi connectivity index (χ0v) is 11.9. The molecule has 2 atom stereocenters. The molecule has 1 fully saturated rings. The molecular formula is C12H17F4N5O. The first-order valence-electron chi connectivity index (χ1n) is 6.74. The van der Waals surface area contributed by atoms with E-state index in [9.17, 15) is 22.4 Å². The molecule has 0 radical (unpaired) electrons. The summed E-state index contributed by atoms with van der Waals surface area (Å²) in [4.78, 5) is 12.6. The van der Waals surface area contributed by atoms with Gasteiger partial charge in [0.1, 0.15) is 12.0 Å². The maximum Gasteiger partial charge on any atom is 0.471 e. The van der Waals surface area contributed by atoms with Crippen molar-refractivity contribution in [3.8, 4) is 0 Å². The number of nitrogen functional groups attached to an aromatic ring is 1. The third-order valence-electron chi connectivity index (χ3n) is 3.58. The van der Waals surface area contributed by atoms with Gasteiger partial charge < -0.3 is 16.0 Å². The van der Waals surface area contributed by atoms with Gasteiger partial charge in [-0.15, -0.1) is 0 Å². The number of nitrogens with zero attached hydrogens (tertiary/aromatic N) is 3. The number of carbonyl (C=O) groups is 1. The molecule has 22 heavy (non-hydrogen) atoms. The van der Waals surface area contributed by atoms with Gasteiger partial charge in [0.25, 0.3) is 0 Å². The third kappa shape index (κ3) is 3.42. The fraction of sp³-hybridized carbons (Fsp3) is 0.667. The minimum atomic E-state index is -5.02. The van der Waals surface area contributed by atoms with E-state index in [1.807, 2.05) is 0 Å². The highest BCUT2D eigenvalue weighted by molar-refractivity contribution is 5.82. The largest absolute Gasteiger partial charge is 0.471 e. The van der Waals surface area contributed by atoms with Crippen LogP contribution in [0.15, 0.2) is 6.20 Å². The molecule has 2 unspecified atom stereocenters. The number of carbonyl (C=O) groups excluding carboxylic acids is 1. The van der Waals surface area contributed by atoms with E-state index in [1.165, 1.54) is 10.9 Å². The summed E-state index contributed by atoms with van der Waals surface area (Å²) in [5.74, 6) is -1.60. The monoisotopic (exact) mass is 323 g/mol. The van der Waals surface area contributed by atoms with E-state index >= 15 is 0 Å². The van der Waals surface area contributed by atoms with Gasteiger partial charge in [-0.1, -0.05) is 0 Å². The van der Waals surface area contributed by atoms with Gasteiger partial charge in [-0.25, -0.2) is 4.39 Å². The van der Waals surface area contributed by atoms with Crippen LogP contribution in [0.5, 0.6) is 0 Å². The summed E-state index contributed by atoms with van der Waals surface area (Å²) in [7, 11) is 1.65. The minimum absolute atomic E-state index is 0.122. The van der Waals surface area contributed by atoms with Crippen LogP contribution in [-0.2, 0) is 11.8 Å². The molecule has 0 aromatic carbocycles. The number of alkyl halides is 4. The first-order chi connectivity index (χ1) is 10.2. The number of halogens is 4. The van der Waals surface area contributed by atoms with Gasteiger partial charge in [0, 0.05) is 13.6 Å². The van der Waals surface area contributed by atoms with E-state index in [0.717, 1.165) is 0 Å². The van der Waals surface area contributed by atoms with Crippen LogP contribution in [-0.4, -0.2) is 47.2 Å². The van der Waals surface area contributed by atoms with Gasteiger partial charge in [0.15, 0.2) is 0 Å². The summed E-state index contributed by atoms with van der Waals surface area (Å²) in [6.45, 7) is 0.259. The maximum atomic E-state index is 14.3. The summed E-state index contributed by atoms with van der Waals surface area (Å²) < 4.78 is 52.5. The molecule has 1 aromatic rings. The second kappa shape index (κ2) is 6.01. The van der Waals surface area contributed by atoms with Crippen LogP contribution in [0.1, 0.15) is 12.8 Å². The predicted octanol–water partition coefficient (Wildman–Crippen LogP) is 0.988. The topological polar surface area (TPSA) is 76.2 Å². The molecule has 1 amide bonds. The molecule has 6 nitrogen and oxygen atoms in total. The Morgan fingerprint density at radius 2 is 2.18 bits per heavy atom. The van der Waals surface area contributed by atoms with Crippen molar-refractivity contribution in [3.05, 3.63) is 6.20 Å². The van der Waals surface area contributed by atoms with Crippen LogP contribution in [0, 0.1) is 0 Å². The highest BCUT2D eigenvalue weighted by Crippen LogP contribution is 2.26. The molecule has 2 rings (SSSR count). The number of aromatic nitrogens is 2. The van der Waals surface area contributed by atoms with Crippen LogP contribution in [0.4, 0.5) is 29.1 Å². The molecule has 0 bridgehead atoms. The number of aryl methyl sites for hydroxylation is 1. The summed E-state index contributed by atoms with van der Waals surface area (Å²) >= 11 is 0. The van der Waals surface area contributed by atoms with Gasteiger partial charge in [0.05, 0.1) is 24.5 Å². The highest BCUT2D eigenvalue weighted by atomic mass is 19.4. The number of hydrogen-bond donors (Lipinski definition) is 2. The molecule has 1 aromatic heterocycles. The van der Waals surface area contributed by atoms with Crippen molar-refractivity contribution >= 4 is 17.4 Å². The summed E-state index contributed by atoms with van der Waals surface area (Å²) in [5, 5.41) is 5.68. The van der Waals surface area contributed by atoms with Crippen molar-refractivity contribution in [2.45, 2.75) is 31.2 Å². The number of anilines is 2. The first-order valence-corrected chi connectivity index (χ1v) is 6.74. The predicted molar refractivity (Wildman–Crippen MR) is 71.9 cm³/mol. The van der Waals surface area contributed by atoms with Crippen LogP contribution in [0.3, 0.4) is 0 Å². The number of amides is 1. The zero-order valence-electron chi connectivity index (χ0n) is 11.9. The SMILES string of the molecule is Cn1ncc(N)c1N1CCCC(NC(=O)C(F)(F)F)C(F)C1. The van der Waals surface area contributed by atoms with Gasteiger partial charge in [-0.05, 0) is 12.8 Å². The Labute approximate surface area is 124 Å². The van der Waals surface area contributed by atoms with Crippen molar-refractivity contribution in [2.24, 2.45) is 7.05 Å². The van der Waals surface area contributed by atoms with Crippen LogP contribution >= 0.6 is 0 Å². The number of hydrogen-bond acceptors (Lipinski definition) is 4. The molecule has 0 saturated carbocycles. The lowest BCUT2D eigenvalue weighted by atomic mass is 10.1. The summed E-state index contributed by atoms with van der Waals surface area (Å²) in [5.41, 5.74) is 6.14. The number of rotatable bonds is 2. The normalized spacial score (nSPS) is 23.2. The Bertz CT molecular complexity index is 525. The molecule has 0 spiro atoms. The van der Waals surface area contributed by atoms with Crippen LogP contribution in [0.25, 0.3) is 0 Å². The Kier molecular flexibility index (Phi) is 4.47. The smallest absolute Gasteiger partial charge is 0.394 e. The van der Waals surface area contributed by atoms with Crippen molar-refractivity contribution in [1.29, 1.82) is 0 Å². The lowest BCUT2D eigenvalue weighted by molar-refractivity contribution is -0.174.